The predicted octanol–water partition coefficient (Wildman–Crippen LogP) is 3.20. The number of rotatable bonds is 7. The summed E-state index contributed by atoms with van der Waals surface area (Å²) in [6, 6.07) is 13.2. The highest BCUT2D eigenvalue weighted by atomic mass is 16.5. The molecule has 3 atom stereocenters. The SMILES string of the molecule is COC(=O)NC(C(=O)N1CC(COc2cccc(-c3ccccc3)n2)CC1C(=O)O)C(C)(C)C. The maximum atomic E-state index is 13.3. The molecule has 0 radical (unpaired) electrons. The molecule has 1 aliphatic rings. The van der Waals surface area contributed by atoms with E-state index in [2.05, 4.69) is 15.0 Å². The molecule has 3 unspecified atom stereocenters. The summed E-state index contributed by atoms with van der Waals surface area (Å²) in [6.45, 7) is 5.79. The third kappa shape index (κ3) is 6.03. The van der Waals surface area contributed by atoms with Gasteiger partial charge < -0.3 is 24.8 Å². The van der Waals surface area contributed by atoms with Crippen LogP contribution in [0, 0.1) is 11.3 Å². The van der Waals surface area contributed by atoms with Crippen LogP contribution in [0.15, 0.2) is 48.5 Å². The zero-order valence-corrected chi connectivity index (χ0v) is 19.9. The van der Waals surface area contributed by atoms with E-state index in [1.807, 2.05) is 42.5 Å². The fraction of sp³-hybridized carbons (Fsp3) is 0.440. The van der Waals surface area contributed by atoms with Gasteiger partial charge in [0, 0.05) is 24.1 Å². The van der Waals surface area contributed by atoms with E-state index in [9.17, 15) is 19.5 Å². The molecule has 1 aromatic carbocycles. The van der Waals surface area contributed by atoms with Gasteiger partial charge in [0.2, 0.25) is 11.8 Å². The highest BCUT2D eigenvalue weighted by Gasteiger charge is 2.45. The maximum absolute atomic E-state index is 13.3. The van der Waals surface area contributed by atoms with Crippen LogP contribution in [0.4, 0.5) is 4.79 Å². The van der Waals surface area contributed by atoms with Crippen molar-refractivity contribution in [2.45, 2.75) is 39.3 Å². The Morgan fingerprint density at radius 2 is 1.85 bits per heavy atom. The number of nitrogens with one attached hydrogen (secondary N) is 1. The average Bonchev–Trinajstić information content (AvgIpc) is 3.25. The highest BCUT2D eigenvalue weighted by molar-refractivity contribution is 5.90. The van der Waals surface area contributed by atoms with Gasteiger partial charge in [-0.05, 0) is 17.9 Å². The van der Waals surface area contributed by atoms with E-state index in [0.29, 0.717) is 5.88 Å². The van der Waals surface area contributed by atoms with E-state index in [-0.39, 0.29) is 25.5 Å². The van der Waals surface area contributed by atoms with Gasteiger partial charge in [0.1, 0.15) is 12.1 Å². The molecule has 9 heteroatoms. The van der Waals surface area contributed by atoms with Crippen molar-refractivity contribution >= 4 is 18.0 Å². The zero-order valence-electron chi connectivity index (χ0n) is 19.9. The molecule has 34 heavy (non-hydrogen) atoms. The zero-order chi connectivity index (χ0) is 24.9. The molecule has 9 nitrogen and oxygen atoms in total. The molecule has 0 bridgehead atoms. The Labute approximate surface area is 199 Å². The maximum Gasteiger partial charge on any atom is 0.407 e. The van der Waals surface area contributed by atoms with Crippen molar-refractivity contribution in [1.29, 1.82) is 0 Å². The monoisotopic (exact) mass is 469 g/mol. The number of amides is 2. The number of pyridine rings is 1. The fourth-order valence-electron chi connectivity index (χ4n) is 3.98. The van der Waals surface area contributed by atoms with Gasteiger partial charge in [-0.3, -0.25) is 4.79 Å². The summed E-state index contributed by atoms with van der Waals surface area (Å²) in [4.78, 5) is 42.9. The van der Waals surface area contributed by atoms with Gasteiger partial charge in [-0.15, -0.1) is 0 Å². The Kier molecular flexibility index (Phi) is 7.75. The minimum absolute atomic E-state index is 0.198. The van der Waals surface area contributed by atoms with Crippen LogP contribution in [-0.4, -0.2) is 65.3 Å². The largest absolute Gasteiger partial charge is 0.480 e. The van der Waals surface area contributed by atoms with Crippen molar-refractivity contribution in [1.82, 2.24) is 15.2 Å². The number of likely N-dealkylation sites (tertiary alicyclic amines) is 1. The summed E-state index contributed by atoms with van der Waals surface area (Å²) >= 11 is 0. The number of benzene rings is 1. The first-order chi connectivity index (χ1) is 16.1. The number of hydrogen-bond donors (Lipinski definition) is 2. The van der Waals surface area contributed by atoms with Crippen LogP contribution in [-0.2, 0) is 14.3 Å². The molecular formula is C25H31N3O6. The molecule has 0 aliphatic carbocycles. The minimum Gasteiger partial charge on any atom is -0.480 e. The highest BCUT2D eigenvalue weighted by Crippen LogP contribution is 2.29. The molecule has 0 spiro atoms. The van der Waals surface area contributed by atoms with Crippen LogP contribution in [0.5, 0.6) is 5.88 Å². The number of alkyl carbamates (subject to hydrolysis) is 1. The van der Waals surface area contributed by atoms with E-state index in [4.69, 9.17) is 4.74 Å². The van der Waals surface area contributed by atoms with Crippen LogP contribution in [0.2, 0.25) is 0 Å². The summed E-state index contributed by atoms with van der Waals surface area (Å²) in [5.41, 5.74) is 1.08. The topological polar surface area (TPSA) is 118 Å². The lowest BCUT2D eigenvalue weighted by Crippen LogP contribution is -2.56. The first kappa shape index (κ1) is 25.0. The Bertz CT molecular complexity index is 1020. The van der Waals surface area contributed by atoms with Gasteiger partial charge >= 0.3 is 12.1 Å². The number of aromatic nitrogens is 1. The quantitative estimate of drug-likeness (QED) is 0.639. The molecular weight excluding hydrogens is 438 g/mol. The van der Waals surface area contributed by atoms with Gasteiger partial charge in [-0.1, -0.05) is 57.2 Å². The number of aliphatic carboxylic acids is 1. The van der Waals surface area contributed by atoms with Crippen LogP contribution in [0.1, 0.15) is 27.2 Å². The molecule has 3 rings (SSSR count). The smallest absolute Gasteiger partial charge is 0.407 e. The van der Waals surface area contributed by atoms with Crippen LogP contribution >= 0.6 is 0 Å². The standard InChI is InChI=1S/C25H31N3O6/c1-25(2,3)21(27-24(32)33-4)22(29)28-14-16(13-19(28)23(30)31)15-34-20-12-8-11-18(26-20)17-9-6-5-7-10-17/h5-12,16,19,21H,13-15H2,1-4H3,(H,27,32)(H,30,31). The number of carboxylic acids is 1. The van der Waals surface area contributed by atoms with Crippen LogP contribution in [0.3, 0.4) is 0 Å². The molecule has 2 N–H and O–H groups in total. The van der Waals surface area contributed by atoms with E-state index >= 15 is 0 Å². The minimum atomic E-state index is -1.09. The summed E-state index contributed by atoms with van der Waals surface area (Å²) in [6.07, 6.45) is -0.502. The predicted molar refractivity (Wildman–Crippen MR) is 125 cm³/mol. The van der Waals surface area contributed by atoms with E-state index in [1.54, 1.807) is 26.8 Å². The first-order valence-electron chi connectivity index (χ1n) is 11.1. The number of carbonyl (C=O) groups excluding carboxylic acids is 2. The van der Waals surface area contributed by atoms with Gasteiger partial charge in [0.25, 0.3) is 0 Å². The van der Waals surface area contributed by atoms with Gasteiger partial charge in [0.15, 0.2) is 0 Å². The van der Waals surface area contributed by atoms with Crippen molar-refractivity contribution in [2.75, 3.05) is 20.3 Å². The Morgan fingerprint density at radius 1 is 1.15 bits per heavy atom. The number of methoxy groups -OCH3 is 1. The molecule has 2 aromatic rings. The lowest BCUT2D eigenvalue weighted by atomic mass is 9.85. The lowest BCUT2D eigenvalue weighted by molar-refractivity contribution is -0.150. The number of ether oxygens (including phenoxy) is 2. The molecule has 2 heterocycles. The first-order valence-corrected chi connectivity index (χ1v) is 11.1. The second-order valence-electron chi connectivity index (χ2n) is 9.42. The van der Waals surface area contributed by atoms with Crippen molar-refractivity contribution < 1.29 is 29.0 Å². The number of carboxylic acid groups (broad SMARTS) is 1. The Balaban J connectivity index is 1.71. The van der Waals surface area contributed by atoms with Gasteiger partial charge in [0.05, 0.1) is 19.4 Å². The number of hydrogen-bond acceptors (Lipinski definition) is 6. The van der Waals surface area contributed by atoms with Gasteiger partial charge in [-0.25, -0.2) is 14.6 Å². The second kappa shape index (κ2) is 10.5. The summed E-state index contributed by atoms with van der Waals surface area (Å²) in [5, 5.41) is 12.3. The van der Waals surface area contributed by atoms with E-state index in [0.717, 1.165) is 11.3 Å². The molecule has 2 amide bonds. The third-order valence-electron chi connectivity index (χ3n) is 5.78. The number of nitrogens with zero attached hydrogens (tertiary/aromatic N) is 2. The third-order valence-corrected chi connectivity index (χ3v) is 5.78. The summed E-state index contributed by atoms with van der Waals surface area (Å²) < 4.78 is 10.5. The second-order valence-corrected chi connectivity index (χ2v) is 9.42. The fourth-order valence-corrected chi connectivity index (χ4v) is 3.98. The normalized spacial score (nSPS) is 18.8. The molecule has 1 aliphatic heterocycles. The number of carbonyl (C=O) groups is 3. The van der Waals surface area contributed by atoms with Crippen molar-refractivity contribution in [3.05, 3.63) is 48.5 Å². The summed E-state index contributed by atoms with van der Waals surface area (Å²) in [7, 11) is 1.21. The van der Waals surface area contributed by atoms with Crippen molar-refractivity contribution in [2.24, 2.45) is 11.3 Å². The summed E-state index contributed by atoms with van der Waals surface area (Å²) in [5.74, 6) is -1.33. The van der Waals surface area contributed by atoms with Crippen LogP contribution in [0.25, 0.3) is 11.3 Å². The molecule has 1 aromatic heterocycles. The average molecular weight is 470 g/mol. The van der Waals surface area contributed by atoms with E-state index in [1.165, 1.54) is 12.0 Å². The van der Waals surface area contributed by atoms with Crippen LogP contribution < -0.4 is 10.1 Å². The van der Waals surface area contributed by atoms with Gasteiger partial charge in [-0.2, -0.15) is 0 Å². The lowest BCUT2D eigenvalue weighted by Gasteiger charge is -2.34. The van der Waals surface area contributed by atoms with Crippen molar-refractivity contribution in [3.63, 3.8) is 0 Å². The molecule has 1 saturated heterocycles. The Morgan fingerprint density at radius 3 is 2.47 bits per heavy atom. The van der Waals surface area contributed by atoms with Crippen molar-refractivity contribution in [3.8, 4) is 17.1 Å². The Hall–Kier alpha value is -3.62. The molecule has 1 fully saturated rings. The molecule has 182 valence electrons. The van der Waals surface area contributed by atoms with E-state index < -0.39 is 35.5 Å². The molecule has 0 saturated carbocycles.